The van der Waals surface area contributed by atoms with Gasteiger partial charge in [-0.25, -0.2) is 4.39 Å². The first kappa shape index (κ1) is 14.1. The number of nitrogens with one attached hydrogen (secondary N) is 1. The number of hydrogen-bond acceptors (Lipinski definition) is 3. The molecule has 96 valence electrons. The summed E-state index contributed by atoms with van der Waals surface area (Å²) in [7, 11) is 1.69. The van der Waals surface area contributed by atoms with E-state index in [1.807, 2.05) is 6.07 Å². The molecule has 1 aromatic rings. The number of hydrogen-bond donors (Lipinski definition) is 1. The van der Waals surface area contributed by atoms with Gasteiger partial charge in [0, 0.05) is 25.8 Å². The zero-order chi connectivity index (χ0) is 12.3. The number of ether oxygens (including phenoxy) is 2. The normalized spacial score (nSPS) is 10.7. The molecule has 1 aromatic carbocycles. The third-order valence-electron chi connectivity index (χ3n) is 2.34. The van der Waals surface area contributed by atoms with Crippen molar-refractivity contribution in [1.82, 2.24) is 5.32 Å². The Morgan fingerprint density at radius 3 is 2.76 bits per heavy atom. The predicted molar refractivity (Wildman–Crippen MR) is 65.4 cm³/mol. The van der Waals surface area contributed by atoms with Gasteiger partial charge >= 0.3 is 0 Å². The Hall–Kier alpha value is -0.970. The molecule has 1 rings (SSSR count). The van der Waals surface area contributed by atoms with E-state index in [9.17, 15) is 4.39 Å². The molecule has 0 unspecified atom stereocenters. The minimum Gasteiger partial charge on any atom is -0.385 e. The standard InChI is InChI=1S/C13H20FNO2/c1-16-9-4-7-15-8-10-17-11-12-5-2-3-6-13(12)14/h2-3,5-6,15H,4,7-11H2,1H3. The molecule has 0 aliphatic carbocycles. The Morgan fingerprint density at radius 1 is 1.18 bits per heavy atom. The van der Waals surface area contributed by atoms with Gasteiger partial charge in [0.05, 0.1) is 13.2 Å². The summed E-state index contributed by atoms with van der Waals surface area (Å²) in [6.45, 7) is 3.37. The quantitative estimate of drug-likeness (QED) is 0.670. The van der Waals surface area contributed by atoms with Gasteiger partial charge < -0.3 is 14.8 Å². The molecule has 17 heavy (non-hydrogen) atoms. The Bertz CT molecular complexity index is 307. The van der Waals surface area contributed by atoms with Gasteiger partial charge in [-0.05, 0) is 19.0 Å². The summed E-state index contributed by atoms with van der Waals surface area (Å²) in [5.41, 5.74) is 0.604. The summed E-state index contributed by atoms with van der Waals surface area (Å²) in [6.07, 6.45) is 0.990. The van der Waals surface area contributed by atoms with Crippen LogP contribution in [0.1, 0.15) is 12.0 Å². The number of methoxy groups -OCH3 is 1. The molecule has 0 spiro atoms. The molecule has 4 heteroatoms. The second kappa shape index (κ2) is 9.10. The van der Waals surface area contributed by atoms with E-state index in [-0.39, 0.29) is 5.82 Å². The van der Waals surface area contributed by atoms with Crippen LogP contribution < -0.4 is 5.32 Å². The largest absolute Gasteiger partial charge is 0.385 e. The molecule has 0 atom stereocenters. The third kappa shape index (κ3) is 6.36. The van der Waals surface area contributed by atoms with Gasteiger partial charge in [0.2, 0.25) is 0 Å². The molecule has 3 nitrogen and oxygen atoms in total. The lowest BCUT2D eigenvalue weighted by atomic mass is 10.2. The van der Waals surface area contributed by atoms with Crippen molar-refractivity contribution in [3.05, 3.63) is 35.6 Å². The average Bonchev–Trinajstić information content (AvgIpc) is 2.35. The highest BCUT2D eigenvalue weighted by atomic mass is 19.1. The van der Waals surface area contributed by atoms with Crippen molar-refractivity contribution >= 4 is 0 Å². The second-order valence-electron chi connectivity index (χ2n) is 3.74. The van der Waals surface area contributed by atoms with E-state index in [0.29, 0.717) is 18.8 Å². The Balaban J connectivity index is 1.99. The topological polar surface area (TPSA) is 30.5 Å². The van der Waals surface area contributed by atoms with Crippen molar-refractivity contribution in [2.75, 3.05) is 33.4 Å². The first-order chi connectivity index (χ1) is 8.34. The first-order valence-electron chi connectivity index (χ1n) is 5.85. The summed E-state index contributed by atoms with van der Waals surface area (Å²) < 4.78 is 23.5. The molecule has 0 aliphatic rings. The molecular weight excluding hydrogens is 221 g/mol. The van der Waals surface area contributed by atoms with E-state index in [1.165, 1.54) is 6.07 Å². The fourth-order valence-electron chi connectivity index (χ4n) is 1.41. The zero-order valence-corrected chi connectivity index (χ0v) is 10.2. The van der Waals surface area contributed by atoms with Crippen molar-refractivity contribution in [1.29, 1.82) is 0 Å². The van der Waals surface area contributed by atoms with Crippen LogP contribution in [0.2, 0.25) is 0 Å². The van der Waals surface area contributed by atoms with Crippen molar-refractivity contribution < 1.29 is 13.9 Å². The maximum absolute atomic E-state index is 13.2. The van der Waals surface area contributed by atoms with Crippen molar-refractivity contribution in [2.45, 2.75) is 13.0 Å². The van der Waals surface area contributed by atoms with E-state index in [4.69, 9.17) is 9.47 Å². The second-order valence-corrected chi connectivity index (χ2v) is 3.74. The number of halogens is 1. The van der Waals surface area contributed by atoms with Crippen LogP contribution in [0.15, 0.2) is 24.3 Å². The van der Waals surface area contributed by atoms with E-state index in [2.05, 4.69) is 5.32 Å². The van der Waals surface area contributed by atoms with Crippen LogP contribution in [0.4, 0.5) is 4.39 Å². The summed E-state index contributed by atoms with van der Waals surface area (Å²) >= 11 is 0. The number of rotatable bonds is 9. The lowest BCUT2D eigenvalue weighted by Gasteiger charge is -2.06. The smallest absolute Gasteiger partial charge is 0.128 e. The van der Waals surface area contributed by atoms with Crippen LogP contribution in [-0.4, -0.2) is 33.4 Å². The number of benzene rings is 1. The fraction of sp³-hybridized carbons (Fsp3) is 0.538. The molecule has 0 radical (unpaired) electrons. The average molecular weight is 241 g/mol. The van der Waals surface area contributed by atoms with Gasteiger partial charge in [0.1, 0.15) is 5.82 Å². The highest BCUT2D eigenvalue weighted by molar-refractivity contribution is 5.16. The molecule has 0 heterocycles. The summed E-state index contributed by atoms with van der Waals surface area (Å²) in [4.78, 5) is 0. The van der Waals surface area contributed by atoms with Crippen molar-refractivity contribution in [2.24, 2.45) is 0 Å². The van der Waals surface area contributed by atoms with Crippen LogP contribution in [0.3, 0.4) is 0 Å². The molecular formula is C13H20FNO2. The molecule has 0 saturated heterocycles. The molecule has 0 aromatic heterocycles. The Morgan fingerprint density at radius 2 is 2.00 bits per heavy atom. The third-order valence-corrected chi connectivity index (χ3v) is 2.34. The molecule has 0 aliphatic heterocycles. The lowest BCUT2D eigenvalue weighted by Crippen LogP contribution is -2.21. The van der Waals surface area contributed by atoms with E-state index >= 15 is 0 Å². The van der Waals surface area contributed by atoms with Crippen LogP contribution in [0.5, 0.6) is 0 Å². The summed E-state index contributed by atoms with van der Waals surface area (Å²) in [5, 5.41) is 3.22. The van der Waals surface area contributed by atoms with Crippen molar-refractivity contribution in [3.8, 4) is 0 Å². The van der Waals surface area contributed by atoms with Crippen LogP contribution >= 0.6 is 0 Å². The lowest BCUT2D eigenvalue weighted by molar-refractivity contribution is 0.119. The molecule has 1 N–H and O–H groups in total. The summed E-state index contributed by atoms with van der Waals surface area (Å²) in [6, 6.07) is 6.67. The van der Waals surface area contributed by atoms with Crippen LogP contribution in [-0.2, 0) is 16.1 Å². The maximum Gasteiger partial charge on any atom is 0.128 e. The summed E-state index contributed by atoms with van der Waals surface area (Å²) in [5.74, 6) is -0.208. The molecule has 0 fully saturated rings. The zero-order valence-electron chi connectivity index (χ0n) is 10.2. The van der Waals surface area contributed by atoms with E-state index in [1.54, 1.807) is 19.2 Å². The first-order valence-corrected chi connectivity index (χ1v) is 5.85. The molecule has 0 saturated carbocycles. The minimum atomic E-state index is -0.208. The van der Waals surface area contributed by atoms with E-state index in [0.717, 1.165) is 26.1 Å². The highest BCUT2D eigenvalue weighted by Crippen LogP contribution is 2.06. The Labute approximate surface area is 102 Å². The maximum atomic E-state index is 13.2. The fourth-order valence-corrected chi connectivity index (χ4v) is 1.41. The van der Waals surface area contributed by atoms with E-state index < -0.39 is 0 Å². The van der Waals surface area contributed by atoms with Gasteiger partial charge in [0.15, 0.2) is 0 Å². The monoisotopic (exact) mass is 241 g/mol. The van der Waals surface area contributed by atoms with Gasteiger partial charge in [0.25, 0.3) is 0 Å². The predicted octanol–water partition coefficient (Wildman–Crippen LogP) is 1.97. The molecule has 0 bridgehead atoms. The van der Waals surface area contributed by atoms with Gasteiger partial charge in [-0.2, -0.15) is 0 Å². The SMILES string of the molecule is COCCCNCCOCc1ccccc1F. The Kier molecular flexibility index (Phi) is 7.54. The van der Waals surface area contributed by atoms with Crippen molar-refractivity contribution in [3.63, 3.8) is 0 Å². The van der Waals surface area contributed by atoms with Crippen LogP contribution in [0.25, 0.3) is 0 Å². The van der Waals surface area contributed by atoms with Gasteiger partial charge in [-0.3, -0.25) is 0 Å². The van der Waals surface area contributed by atoms with Crippen LogP contribution in [0, 0.1) is 5.82 Å². The van der Waals surface area contributed by atoms with Gasteiger partial charge in [-0.1, -0.05) is 18.2 Å². The minimum absolute atomic E-state index is 0.208. The highest BCUT2D eigenvalue weighted by Gasteiger charge is 1.99. The molecule has 0 amide bonds. The van der Waals surface area contributed by atoms with Gasteiger partial charge in [-0.15, -0.1) is 0 Å².